The average Bonchev–Trinajstić information content (AvgIpc) is 2.64. The number of rotatable bonds is 8. The predicted molar refractivity (Wildman–Crippen MR) is 94.9 cm³/mol. The molecule has 5 nitrogen and oxygen atoms in total. The predicted octanol–water partition coefficient (Wildman–Crippen LogP) is 0.763. The van der Waals surface area contributed by atoms with Crippen LogP contribution in [-0.2, 0) is 18.1 Å². The van der Waals surface area contributed by atoms with Crippen molar-refractivity contribution in [2.24, 2.45) is 0 Å². The van der Waals surface area contributed by atoms with Gasteiger partial charge in [-0.3, -0.25) is 0 Å². The molecule has 7 heteroatoms. The Kier molecular flexibility index (Phi) is 6.66. The van der Waals surface area contributed by atoms with Gasteiger partial charge in [-0.05, 0) is 10.4 Å². The maximum Gasteiger partial charge on any atom is 0.616 e. The first-order chi connectivity index (χ1) is 11.2. The van der Waals surface area contributed by atoms with E-state index in [9.17, 15) is 0 Å². The zero-order valence-corrected chi connectivity index (χ0v) is 16.1. The number of hydrogen-bond acceptors (Lipinski definition) is 5. The quantitative estimate of drug-likeness (QED) is 0.520. The van der Waals surface area contributed by atoms with Crippen molar-refractivity contribution >= 4 is 28.3 Å². The van der Waals surface area contributed by atoms with Gasteiger partial charge in [0.1, 0.15) is 0 Å². The first-order valence-electron chi connectivity index (χ1n) is 7.31. The van der Waals surface area contributed by atoms with Gasteiger partial charge in [0.25, 0.3) is 0 Å². The van der Waals surface area contributed by atoms with Gasteiger partial charge in [0.05, 0.1) is 7.11 Å². The third-order valence-corrected chi connectivity index (χ3v) is 10.4. The Bertz CT molecular complexity index is 533. The third-order valence-electron chi connectivity index (χ3n) is 3.71. The van der Waals surface area contributed by atoms with E-state index in [1.807, 2.05) is 40.8 Å². The number of benzene rings is 2. The van der Waals surface area contributed by atoms with Crippen LogP contribution >= 0.6 is 0 Å². The Labute approximate surface area is 140 Å². The van der Waals surface area contributed by atoms with E-state index in [0.29, 0.717) is 0 Å². The lowest BCUT2D eigenvalue weighted by molar-refractivity contribution is -0.0716. The van der Waals surface area contributed by atoms with Gasteiger partial charge in [0, 0.05) is 21.3 Å². The van der Waals surface area contributed by atoms with Gasteiger partial charge in [-0.2, -0.15) is 4.39 Å². The Morgan fingerprint density at radius 3 is 1.39 bits per heavy atom. The highest BCUT2D eigenvalue weighted by Crippen LogP contribution is 2.15. The van der Waals surface area contributed by atoms with Gasteiger partial charge in [0.15, 0.2) is 0 Å². The zero-order chi connectivity index (χ0) is 16.7. The van der Waals surface area contributed by atoms with E-state index < -0.39 is 17.9 Å². The average molecular weight is 350 g/mol. The van der Waals surface area contributed by atoms with Gasteiger partial charge in [-0.25, -0.2) is 0 Å². The van der Waals surface area contributed by atoms with Gasteiger partial charge in [-0.1, -0.05) is 60.7 Å². The SMILES string of the molecule is CON([SiH](c1ccccc1)c1ccccc1)[Si](OC)(OC)OC. The topological polar surface area (TPSA) is 40.2 Å². The van der Waals surface area contributed by atoms with Crippen molar-refractivity contribution in [3.63, 3.8) is 0 Å². The molecular weight excluding hydrogens is 326 g/mol. The van der Waals surface area contributed by atoms with Crippen molar-refractivity contribution in [2.75, 3.05) is 28.4 Å². The molecule has 2 rings (SSSR count). The van der Waals surface area contributed by atoms with Crippen LogP contribution in [0.5, 0.6) is 0 Å². The lowest BCUT2D eigenvalue weighted by Crippen LogP contribution is -2.70. The highest BCUT2D eigenvalue weighted by Gasteiger charge is 2.52. The van der Waals surface area contributed by atoms with E-state index in [1.165, 1.54) is 10.4 Å². The maximum atomic E-state index is 5.74. The van der Waals surface area contributed by atoms with Crippen LogP contribution in [0.15, 0.2) is 60.7 Å². The van der Waals surface area contributed by atoms with Crippen LogP contribution in [0.2, 0.25) is 0 Å². The molecule has 0 bridgehead atoms. The maximum absolute atomic E-state index is 5.74. The van der Waals surface area contributed by atoms with Crippen LogP contribution in [0.3, 0.4) is 0 Å². The summed E-state index contributed by atoms with van der Waals surface area (Å²) in [4.78, 5) is 5.74. The van der Waals surface area contributed by atoms with E-state index in [1.54, 1.807) is 28.4 Å². The molecular formula is C16H23NO4Si2. The molecule has 23 heavy (non-hydrogen) atoms. The van der Waals surface area contributed by atoms with E-state index in [0.717, 1.165) is 0 Å². The van der Waals surface area contributed by atoms with Crippen molar-refractivity contribution in [3.8, 4) is 0 Å². The van der Waals surface area contributed by atoms with E-state index >= 15 is 0 Å². The van der Waals surface area contributed by atoms with Crippen LogP contribution in [0.4, 0.5) is 0 Å². The largest absolute Gasteiger partial charge is 0.616 e. The minimum absolute atomic E-state index is 1.20. The second kappa shape index (κ2) is 8.50. The van der Waals surface area contributed by atoms with Crippen LogP contribution < -0.4 is 10.4 Å². The number of nitrogens with zero attached hydrogens (tertiary/aromatic N) is 1. The highest BCUT2D eigenvalue weighted by atomic mass is 28.4. The van der Waals surface area contributed by atoms with Crippen LogP contribution in [0.1, 0.15) is 0 Å². The van der Waals surface area contributed by atoms with E-state index in [2.05, 4.69) is 24.3 Å². The van der Waals surface area contributed by atoms with Crippen molar-refractivity contribution in [1.82, 2.24) is 4.39 Å². The summed E-state index contributed by atoms with van der Waals surface area (Å²) in [6, 6.07) is 20.6. The second-order valence-corrected chi connectivity index (χ2v) is 10.7. The Balaban J connectivity index is 2.56. The molecule has 0 aromatic heterocycles. The molecule has 0 radical (unpaired) electrons. The van der Waals surface area contributed by atoms with Crippen LogP contribution in [-0.4, -0.2) is 50.8 Å². The summed E-state index contributed by atoms with van der Waals surface area (Å²) in [6.07, 6.45) is 0. The molecule has 124 valence electrons. The standard InChI is InChI=1S/C16H23NO4Si2/c1-18-17(23(19-2,20-3)21-4)22(15-11-7-5-8-12-15)16-13-9-6-10-14-16/h5-14,22H,1-4H3. The summed E-state index contributed by atoms with van der Waals surface area (Å²) in [5, 5.41) is 2.40. The molecule has 0 aliphatic heterocycles. The molecule has 0 saturated heterocycles. The molecule has 0 saturated carbocycles. The fourth-order valence-corrected chi connectivity index (χ4v) is 9.31. The van der Waals surface area contributed by atoms with Gasteiger partial charge < -0.3 is 18.1 Å². The summed E-state index contributed by atoms with van der Waals surface area (Å²) in [5.74, 6) is 0. The summed E-state index contributed by atoms with van der Waals surface area (Å²) >= 11 is 0. The minimum atomic E-state index is -3.10. The molecule has 0 spiro atoms. The molecule has 0 heterocycles. The van der Waals surface area contributed by atoms with Gasteiger partial charge >= 0.3 is 8.97 Å². The van der Waals surface area contributed by atoms with Crippen molar-refractivity contribution < 1.29 is 18.1 Å². The molecule has 0 aliphatic rings. The second-order valence-electron chi connectivity index (χ2n) is 4.87. The lowest BCUT2D eigenvalue weighted by Gasteiger charge is -2.38. The minimum Gasteiger partial charge on any atom is -0.364 e. The van der Waals surface area contributed by atoms with Gasteiger partial charge in [-0.15, -0.1) is 0 Å². The molecule has 2 aromatic carbocycles. The lowest BCUT2D eigenvalue weighted by atomic mass is 10.4. The molecule has 0 unspecified atom stereocenters. The Morgan fingerprint density at radius 1 is 0.696 bits per heavy atom. The van der Waals surface area contributed by atoms with Crippen LogP contribution in [0.25, 0.3) is 0 Å². The Morgan fingerprint density at radius 2 is 1.09 bits per heavy atom. The van der Waals surface area contributed by atoms with Crippen molar-refractivity contribution in [1.29, 1.82) is 0 Å². The first kappa shape index (κ1) is 18.0. The fraction of sp³-hybridized carbons (Fsp3) is 0.250. The molecule has 0 fully saturated rings. The summed E-state index contributed by atoms with van der Waals surface area (Å²) in [5.41, 5.74) is 0. The van der Waals surface area contributed by atoms with Crippen LogP contribution in [0, 0.1) is 0 Å². The van der Waals surface area contributed by atoms with E-state index in [-0.39, 0.29) is 0 Å². The molecule has 0 N–H and O–H groups in total. The molecule has 0 atom stereocenters. The van der Waals surface area contributed by atoms with Gasteiger partial charge in [0.2, 0.25) is 8.96 Å². The monoisotopic (exact) mass is 349 g/mol. The van der Waals surface area contributed by atoms with Crippen molar-refractivity contribution in [2.45, 2.75) is 0 Å². The zero-order valence-electron chi connectivity index (χ0n) is 13.9. The van der Waals surface area contributed by atoms with Crippen molar-refractivity contribution in [3.05, 3.63) is 60.7 Å². The smallest absolute Gasteiger partial charge is 0.364 e. The van der Waals surface area contributed by atoms with E-state index in [4.69, 9.17) is 18.1 Å². The fourth-order valence-electron chi connectivity index (χ4n) is 2.63. The summed E-state index contributed by atoms with van der Waals surface area (Å²) in [6.45, 7) is 0. The molecule has 0 amide bonds. The molecule has 0 aliphatic carbocycles. The third kappa shape index (κ3) is 3.78. The number of hydrogen-bond donors (Lipinski definition) is 0. The molecule has 2 aromatic rings. The highest BCUT2D eigenvalue weighted by molar-refractivity contribution is 6.89. The normalized spacial score (nSPS) is 12.1. The Hall–Kier alpha value is -1.33. The first-order valence-corrected chi connectivity index (χ1v) is 10.7. The summed E-state index contributed by atoms with van der Waals surface area (Å²) in [7, 11) is 1.35. The summed E-state index contributed by atoms with van der Waals surface area (Å²) < 4.78 is 18.8.